The van der Waals surface area contributed by atoms with Gasteiger partial charge in [0.05, 0.1) is 43.3 Å². The van der Waals surface area contributed by atoms with Gasteiger partial charge in [-0.1, -0.05) is 45.0 Å². The maximum atomic E-state index is 13.5. The molecule has 5 aromatic rings. The highest BCUT2D eigenvalue weighted by molar-refractivity contribution is 7.85. The molecule has 1 atom stereocenters. The van der Waals surface area contributed by atoms with Crippen LogP contribution < -0.4 is 45.5 Å². The number of hydrogen-bond donors (Lipinski definition) is 7. The van der Waals surface area contributed by atoms with Crippen LogP contribution in [0.15, 0.2) is 85.1 Å². The first-order valence-electron chi connectivity index (χ1n) is 18.4. The highest BCUT2D eigenvalue weighted by atomic mass is 32.2. The van der Waals surface area contributed by atoms with Crippen LogP contribution in [0.4, 0.5) is 33.4 Å². The third kappa shape index (κ3) is 11.8. The second kappa shape index (κ2) is 19.5. The topological polar surface area (TPSA) is 218 Å². The zero-order valence-corrected chi connectivity index (χ0v) is 34.3. The van der Waals surface area contributed by atoms with Crippen molar-refractivity contribution < 1.29 is 42.7 Å². The predicted molar refractivity (Wildman–Crippen MR) is 229 cm³/mol. The second-order valence-electron chi connectivity index (χ2n) is 14.2. The SMILES string of the molecule is COc1cc(Nc2cc(Oc3ccc(NC(=O)Nc4cc(C(C)(C)C)cc(NS(C)=O)c4OC)c4ccccc34)ccn2)ccc1C(=O)NCCNC(=O)CCC(=O)O. The summed E-state index contributed by atoms with van der Waals surface area (Å²) < 4.78 is 32.4. The summed E-state index contributed by atoms with van der Waals surface area (Å²) >= 11 is 0. The van der Waals surface area contributed by atoms with Crippen molar-refractivity contribution in [1.29, 1.82) is 0 Å². The van der Waals surface area contributed by atoms with Crippen LogP contribution in [-0.4, -0.2) is 71.7 Å². The first-order valence-corrected chi connectivity index (χ1v) is 20.0. The maximum Gasteiger partial charge on any atom is 0.323 e. The van der Waals surface area contributed by atoms with Crippen LogP contribution >= 0.6 is 0 Å². The molecule has 0 fully saturated rings. The van der Waals surface area contributed by atoms with Crippen molar-refractivity contribution in [1.82, 2.24) is 15.6 Å². The van der Waals surface area contributed by atoms with E-state index in [-0.39, 0.29) is 36.9 Å². The molecule has 0 aliphatic rings. The van der Waals surface area contributed by atoms with Crippen LogP contribution in [0.3, 0.4) is 0 Å². The standard InChI is InChI=1S/C42H47N7O9S/c1-42(2,3)25-21-32(39(57-5)33(22-25)49-59(6)55)48-41(54)47-31-13-14-34(29-10-8-7-9-28(29)31)58-27-17-18-43-36(24-27)46-26-11-12-30(35(23-26)56-4)40(53)45-20-19-44-37(50)15-16-38(51)52/h7-14,17-18,21-24,49H,15-16,19-20H2,1-6H3,(H,43,46)(H,44,50)(H,45,53)(H,51,52)(H2,47,48,54). The normalized spacial score (nSPS) is 11.5. The van der Waals surface area contributed by atoms with E-state index in [1.54, 1.807) is 48.7 Å². The minimum Gasteiger partial charge on any atom is -0.496 e. The Labute approximate surface area is 344 Å². The molecule has 0 radical (unpaired) electrons. The van der Waals surface area contributed by atoms with Crippen LogP contribution in [0, 0.1) is 0 Å². The second-order valence-corrected chi connectivity index (χ2v) is 15.3. The molecule has 4 aromatic carbocycles. The fourth-order valence-corrected chi connectivity index (χ4v) is 6.37. The van der Waals surface area contributed by atoms with E-state index in [0.29, 0.717) is 51.6 Å². The summed E-state index contributed by atoms with van der Waals surface area (Å²) in [6.07, 6.45) is 2.69. The van der Waals surface area contributed by atoms with Gasteiger partial charge >= 0.3 is 12.0 Å². The van der Waals surface area contributed by atoms with Gasteiger partial charge in [0.2, 0.25) is 5.91 Å². The molecule has 1 unspecified atom stereocenters. The largest absolute Gasteiger partial charge is 0.496 e. The highest BCUT2D eigenvalue weighted by Gasteiger charge is 2.22. The van der Waals surface area contributed by atoms with E-state index < -0.39 is 34.8 Å². The molecule has 4 amide bonds. The molecule has 0 aliphatic carbocycles. The minimum atomic E-state index is -1.38. The number of benzene rings is 4. The number of anilines is 5. The minimum absolute atomic E-state index is 0.132. The number of fused-ring (bicyclic) bond motifs is 1. The summed E-state index contributed by atoms with van der Waals surface area (Å²) in [4.78, 5) is 53.1. The molecule has 59 heavy (non-hydrogen) atoms. The fraction of sp³-hybridized carbons (Fsp3) is 0.262. The molecule has 310 valence electrons. The van der Waals surface area contributed by atoms with Crippen molar-refractivity contribution in [2.75, 3.05) is 54.2 Å². The number of carbonyl (C=O) groups excluding carboxylic acids is 3. The first kappa shape index (κ1) is 43.2. The number of hydrogen-bond acceptors (Lipinski definition) is 10. The van der Waals surface area contributed by atoms with Crippen LogP contribution in [-0.2, 0) is 26.0 Å². The summed E-state index contributed by atoms with van der Waals surface area (Å²) in [5.41, 5.74) is 2.91. The van der Waals surface area contributed by atoms with Gasteiger partial charge in [-0.15, -0.1) is 0 Å². The number of aromatic nitrogens is 1. The van der Waals surface area contributed by atoms with Gasteiger partial charge in [-0.3, -0.25) is 14.4 Å². The van der Waals surface area contributed by atoms with Crippen LogP contribution in [0.2, 0.25) is 0 Å². The Bertz CT molecular complexity index is 2380. The summed E-state index contributed by atoms with van der Waals surface area (Å²) in [7, 11) is 1.54. The number of rotatable bonds is 17. The van der Waals surface area contributed by atoms with Gasteiger partial charge < -0.3 is 50.6 Å². The summed E-state index contributed by atoms with van der Waals surface area (Å²) in [5.74, 6) is 0.211. The van der Waals surface area contributed by atoms with Crippen LogP contribution in [0.5, 0.6) is 23.0 Å². The molecule has 0 saturated carbocycles. The predicted octanol–water partition coefficient (Wildman–Crippen LogP) is 7.15. The monoisotopic (exact) mass is 825 g/mol. The lowest BCUT2D eigenvalue weighted by atomic mass is 9.86. The van der Waals surface area contributed by atoms with E-state index >= 15 is 0 Å². The van der Waals surface area contributed by atoms with Crippen molar-refractivity contribution in [3.05, 3.63) is 96.2 Å². The number of carbonyl (C=O) groups is 4. The van der Waals surface area contributed by atoms with Gasteiger partial charge in [0, 0.05) is 60.6 Å². The van der Waals surface area contributed by atoms with Gasteiger partial charge in [0.15, 0.2) is 5.75 Å². The highest BCUT2D eigenvalue weighted by Crippen LogP contribution is 2.40. The Hall–Kier alpha value is -6.88. The third-order valence-electron chi connectivity index (χ3n) is 8.77. The number of aliphatic carboxylic acids is 1. The van der Waals surface area contributed by atoms with Gasteiger partial charge in [0.1, 0.15) is 34.1 Å². The Balaban J connectivity index is 1.27. The van der Waals surface area contributed by atoms with Crippen molar-refractivity contribution in [3.63, 3.8) is 0 Å². The van der Waals surface area contributed by atoms with Crippen LogP contribution in [0.25, 0.3) is 10.8 Å². The van der Waals surface area contributed by atoms with E-state index in [0.717, 1.165) is 16.3 Å². The van der Waals surface area contributed by atoms with Crippen molar-refractivity contribution in [2.24, 2.45) is 0 Å². The van der Waals surface area contributed by atoms with Crippen molar-refractivity contribution in [2.45, 2.75) is 39.0 Å². The van der Waals surface area contributed by atoms with Gasteiger partial charge in [-0.2, -0.15) is 0 Å². The Kier molecular flexibility index (Phi) is 14.3. The van der Waals surface area contributed by atoms with Crippen molar-refractivity contribution >= 4 is 74.1 Å². The number of nitrogens with zero attached hydrogens (tertiary/aromatic N) is 1. The zero-order valence-electron chi connectivity index (χ0n) is 33.5. The molecule has 0 spiro atoms. The summed E-state index contributed by atoms with van der Waals surface area (Å²) in [6, 6.07) is 22.5. The Morgan fingerprint density at radius 1 is 0.780 bits per heavy atom. The summed E-state index contributed by atoms with van der Waals surface area (Å²) in [6.45, 7) is 6.39. The molecule has 16 nitrogen and oxygen atoms in total. The number of carboxylic acid groups (broad SMARTS) is 1. The molecule has 0 bridgehead atoms. The summed E-state index contributed by atoms with van der Waals surface area (Å²) in [5, 5.41) is 24.5. The molecular weight excluding hydrogens is 779 g/mol. The molecule has 17 heteroatoms. The quantitative estimate of drug-likeness (QED) is 0.0467. The third-order valence-corrected chi connectivity index (χ3v) is 9.28. The number of methoxy groups -OCH3 is 2. The maximum absolute atomic E-state index is 13.5. The molecular formula is C42H47N7O9S. The Morgan fingerprint density at radius 3 is 2.19 bits per heavy atom. The molecule has 5 rings (SSSR count). The average molecular weight is 826 g/mol. The van der Waals surface area contributed by atoms with Gasteiger partial charge in [-0.05, 0) is 53.4 Å². The number of carboxylic acids is 1. The molecule has 0 aliphatic heterocycles. The number of urea groups is 1. The van der Waals surface area contributed by atoms with Gasteiger partial charge in [0.25, 0.3) is 5.91 Å². The van der Waals surface area contributed by atoms with E-state index in [9.17, 15) is 23.4 Å². The molecule has 1 heterocycles. The lowest BCUT2D eigenvalue weighted by molar-refractivity contribution is -0.138. The number of nitrogens with one attached hydrogen (secondary N) is 6. The lowest BCUT2D eigenvalue weighted by Crippen LogP contribution is -2.34. The van der Waals surface area contributed by atoms with E-state index in [4.69, 9.17) is 19.3 Å². The fourth-order valence-electron chi connectivity index (χ4n) is 5.91. The lowest BCUT2D eigenvalue weighted by Gasteiger charge is -2.24. The smallest absolute Gasteiger partial charge is 0.323 e. The van der Waals surface area contributed by atoms with Crippen LogP contribution in [0.1, 0.15) is 49.5 Å². The number of amides is 4. The first-order chi connectivity index (χ1) is 28.1. The zero-order chi connectivity index (χ0) is 42.7. The molecule has 0 saturated heterocycles. The Morgan fingerprint density at radius 2 is 1.49 bits per heavy atom. The van der Waals surface area contributed by atoms with E-state index in [2.05, 4.69) is 36.3 Å². The van der Waals surface area contributed by atoms with Crippen molar-refractivity contribution in [3.8, 4) is 23.0 Å². The number of pyridine rings is 1. The van der Waals surface area contributed by atoms with E-state index in [1.165, 1.54) is 20.5 Å². The van der Waals surface area contributed by atoms with E-state index in [1.807, 2.05) is 57.2 Å². The number of ether oxygens (including phenoxy) is 3. The molecule has 7 N–H and O–H groups in total. The molecule has 1 aromatic heterocycles. The van der Waals surface area contributed by atoms with Gasteiger partial charge in [-0.25, -0.2) is 14.0 Å². The average Bonchev–Trinajstić information content (AvgIpc) is 3.19.